The van der Waals surface area contributed by atoms with Gasteiger partial charge in [0.1, 0.15) is 11.5 Å². The van der Waals surface area contributed by atoms with Crippen LogP contribution in [0.15, 0.2) is 48.5 Å². The second kappa shape index (κ2) is 9.95. The molecule has 0 atom stereocenters. The SMILES string of the molecule is COc1cccc(C(=O)N2CCC3(CCN(Cc4ccccc4OCC(C)C)C3)CC2)c1. The average Bonchev–Trinajstić information content (AvgIpc) is 3.20. The standard InChI is InChI=1S/C27H36N2O3/c1-21(2)19-32-25-10-5-4-7-23(25)18-28-14-11-27(20-28)12-15-29(16-13-27)26(30)22-8-6-9-24(17-22)31-3/h4-10,17,21H,11-16,18-20H2,1-3H3. The van der Waals surface area contributed by atoms with E-state index in [1.54, 1.807) is 7.11 Å². The number of amides is 1. The van der Waals surface area contributed by atoms with Crippen LogP contribution in [0.3, 0.4) is 0 Å². The van der Waals surface area contributed by atoms with Crippen LogP contribution < -0.4 is 9.47 Å². The highest BCUT2D eigenvalue weighted by atomic mass is 16.5. The molecule has 2 aliphatic rings. The van der Waals surface area contributed by atoms with Gasteiger partial charge in [0.2, 0.25) is 0 Å². The van der Waals surface area contributed by atoms with Gasteiger partial charge in [-0.05, 0) is 61.4 Å². The van der Waals surface area contributed by atoms with Crippen molar-refractivity contribution in [1.82, 2.24) is 9.80 Å². The predicted molar refractivity (Wildman–Crippen MR) is 127 cm³/mol. The first-order valence-electron chi connectivity index (χ1n) is 11.8. The zero-order valence-corrected chi connectivity index (χ0v) is 19.7. The number of rotatable bonds is 7. The number of ether oxygens (including phenoxy) is 2. The molecule has 172 valence electrons. The molecule has 2 heterocycles. The number of carbonyl (C=O) groups is 1. The number of para-hydroxylation sites is 1. The maximum absolute atomic E-state index is 13.0. The summed E-state index contributed by atoms with van der Waals surface area (Å²) >= 11 is 0. The van der Waals surface area contributed by atoms with Crippen molar-refractivity contribution in [3.63, 3.8) is 0 Å². The van der Waals surface area contributed by atoms with E-state index in [1.807, 2.05) is 29.2 Å². The van der Waals surface area contributed by atoms with Crippen LogP contribution in [-0.4, -0.2) is 55.6 Å². The molecule has 0 aliphatic carbocycles. The topological polar surface area (TPSA) is 42.0 Å². The van der Waals surface area contributed by atoms with E-state index < -0.39 is 0 Å². The number of nitrogens with zero attached hydrogens (tertiary/aromatic N) is 2. The summed E-state index contributed by atoms with van der Waals surface area (Å²) in [5.74, 6) is 2.38. The van der Waals surface area contributed by atoms with Crippen molar-refractivity contribution in [2.24, 2.45) is 11.3 Å². The van der Waals surface area contributed by atoms with E-state index in [0.717, 1.165) is 63.7 Å². The lowest BCUT2D eigenvalue weighted by Gasteiger charge is -2.39. The molecule has 0 unspecified atom stereocenters. The van der Waals surface area contributed by atoms with Gasteiger partial charge in [0.25, 0.3) is 5.91 Å². The van der Waals surface area contributed by atoms with Crippen molar-refractivity contribution in [1.29, 1.82) is 0 Å². The summed E-state index contributed by atoms with van der Waals surface area (Å²) in [6.45, 7) is 9.92. The molecule has 0 saturated carbocycles. The summed E-state index contributed by atoms with van der Waals surface area (Å²) in [5, 5.41) is 0. The van der Waals surface area contributed by atoms with Crippen molar-refractivity contribution in [3.05, 3.63) is 59.7 Å². The van der Waals surface area contributed by atoms with E-state index in [9.17, 15) is 4.79 Å². The Bertz CT molecular complexity index is 919. The first kappa shape index (κ1) is 22.7. The summed E-state index contributed by atoms with van der Waals surface area (Å²) in [7, 11) is 1.63. The highest BCUT2D eigenvalue weighted by molar-refractivity contribution is 5.94. The van der Waals surface area contributed by atoms with Gasteiger partial charge >= 0.3 is 0 Å². The van der Waals surface area contributed by atoms with E-state index in [1.165, 1.54) is 12.0 Å². The molecule has 0 bridgehead atoms. The van der Waals surface area contributed by atoms with Gasteiger partial charge in [-0.25, -0.2) is 0 Å². The van der Waals surface area contributed by atoms with Crippen LogP contribution >= 0.6 is 0 Å². The Morgan fingerprint density at radius 1 is 1.03 bits per heavy atom. The number of methoxy groups -OCH3 is 1. The zero-order chi connectivity index (χ0) is 22.6. The Morgan fingerprint density at radius 3 is 2.53 bits per heavy atom. The fourth-order valence-electron chi connectivity index (χ4n) is 4.97. The van der Waals surface area contributed by atoms with E-state index >= 15 is 0 Å². The molecule has 2 aliphatic heterocycles. The van der Waals surface area contributed by atoms with Crippen LogP contribution in [0.5, 0.6) is 11.5 Å². The molecule has 0 N–H and O–H groups in total. The highest BCUT2D eigenvalue weighted by Gasteiger charge is 2.41. The minimum Gasteiger partial charge on any atom is -0.497 e. The van der Waals surface area contributed by atoms with Gasteiger partial charge in [-0.1, -0.05) is 38.1 Å². The van der Waals surface area contributed by atoms with E-state index in [2.05, 4.69) is 43.0 Å². The van der Waals surface area contributed by atoms with Crippen LogP contribution in [0.1, 0.15) is 49.0 Å². The summed E-state index contributed by atoms with van der Waals surface area (Å²) in [5.41, 5.74) is 2.32. The fraction of sp³-hybridized carbons (Fsp3) is 0.519. The van der Waals surface area contributed by atoms with E-state index in [-0.39, 0.29) is 5.91 Å². The predicted octanol–water partition coefficient (Wildman–Crippen LogP) is 4.86. The van der Waals surface area contributed by atoms with Crippen LogP contribution in [-0.2, 0) is 6.54 Å². The summed E-state index contributed by atoms with van der Waals surface area (Å²) < 4.78 is 11.3. The molecule has 4 rings (SSSR count). The van der Waals surface area contributed by atoms with Crippen molar-refractivity contribution in [2.75, 3.05) is 39.9 Å². The average molecular weight is 437 g/mol. The Balaban J connectivity index is 1.33. The van der Waals surface area contributed by atoms with Gasteiger partial charge in [-0.15, -0.1) is 0 Å². The molecular weight excluding hydrogens is 400 g/mol. The molecule has 2 aromatic rings. The van der Waals surface area contributed by atoms with Crippen LogP contribution in [0, 0.1) is 11.3 Å². The third-order valence-corrected chi connectivity index (χ3v) is 6.88. The molecule has 2 fully saturated rings. The van der Waals surface area contributed by atoms with Gasteiger partial charge in [0.05, 0.1) is 13.7 Å². The van der Waals surface area contributed by atoms with Gasteiger partial charge in [0, 0.05) is 37.3 Å². The number of likely N-dealkylation sites (tertiary alicyclic amines) is 2. The number of hydrogen-bond donors (Lipinski definition) is 0. The second-order valence-electron chi connectivity index (χ2n) is 9.80. The quantitative estimate of drug-likeness (QED) is 0.622. The molecular formula is C27H36N2O3. The molecule has 5 heteroatoms. The van der Waals surface area contributed by atoms with Gasteiger partial charge < -0.3 is 14.4 Å². The smallest absolute Gasteiger partial charge is 0.253 e. The van der Waals surface area contributed by atoms with Crippen LogP contribution in [0.2, 0.25) is 0 Å². The monoisotopic (exact) mass is 436 g/mol. The summed E-state index contributed by atoms with van der Waals surface area (Å²) in [6, 6.07) is 15.9. The molecule has 2 aromatic carbocycles. The van der Waals surface area contributed by atoms with Crippen molar-refractivity contribution in [3.8, 4) is 11.5 Å². The zero-order valence-electron chi connectivity index (χ0n) is 19.7. The number of carbonyl (C=O) groups excluding carboxylic acids is 1. The Morgan fingerprint density at radius 2 is 1.78 bits per heavy atom. The maximum atomic E-state index is 13.0. The minimum atomic E-state index is 0.116. The van der Waals surface area contributed by atoms with Crippen molar-refractivity contribution < 1.29 is 14.3 Å². The highest BCUT2D eigenvalue weighted by Crippen LogP contribution is 2.41. The Kier molecular flexibility index (Phi) is 7.04. The van der Waals surface area contributed by atoms with Crippen LogP contribution in [0.4, 0.5) is 0 Å². The molecule has 0 radical (unpaired) electrons. The fourth-order valence-corrected chi connectivity index (χ4v) is 4.97. The Hall–Kier alpha value is -2.53. The third-order valence-electron chi connectivity index (χ3n) is 6.88. The lowest BCUT2D eigenvalue weighted by molar-refractivity contribution is 0.0587. The maximum Gasteiger partial charge on any atom is 0.253 e. The first-order valence-corrected chi connectivity index (χ1v) is 11.8. The van der Waals surface area contributed by atoms with Crippen molar-refractivity contribution >= 4 is 5.91 Å². The molecule has 32 heavy (non-hydrogen) atoms. The van der Waals surface area contributed by atoms with Gasteiger partial charge in [0.15, 0.2) is 0 Å². The summed E-state index contributed by atoms with van der Waals surface area (Å²) in [4.78, 5) is 17.5. The normalized spacial score (nSPS) is 18.3. The number of benzene rings is 2. The summed E-state index contributed by atoms with van der Waals surface area (Å²) in [6.07, 6.45) is 3.36. The number of hydrogen-bond acceptors (Lipinski definition) is 4. The van der Waals surface area contributed by atoms with E-state index in [4.69, 9.17) is 9.47 Å². The lowest BCUT2D eigenvalue weighted by Crippen LogP contribution is -2.44. The van der Waals surface area contributed by atoms with Gasteiger partial charge in [-0.2, -0.15) is 0 Å². The Labute approximate surface area is 192 Å². The minimum absolute atomic E-state index is 0.116. The molecule has 2 saturated heterocycles. The van der Waals surface area contributed by atoms with E-state index in [0.29, 0.717) is 16.9 Å². The second-order valence-corrected chi connectivity index (χ2v) is 9.80. The third kappa shape index (κ3) is 5.26. The lowest BCUT2D eigenvalue weighted by atomic mass is 9.77. The number of piperidine rings is 1. The van der Waals surface area contributed by atoms with Crippen molar-refractivity contribution in [2.45, 2.75) is 39.7 Å². The van der Waals surface area contributed by atoms with Gasteiger partial charge in [-0.3, -0.25) is 9.69 Å². The molecule has 1 spiro atoms. The largest absolute Gasteiger partial charge is 0.497 e. The van der Waals surface area contributed by atoms with Crippen LogP contribution in [0.25, 0.3) is 0 Å². The molecule has 5 nitrogen and oxygen atoms in total. The molecule has 1 amide bonds. The molecule has 0 aromatic heterocycles. The first-order chi connectivity index (χ1) is 15.5.